The van der Waals surface area contributed by atoms with Crippen molar-refractivity contribution in [1.29, 1.82) is 0 Å². The number of hydrogen-bond acceptors (Lipinski definition) is 4. The van der Waals surface area contributed by atoms with E-state index >= 15 is 0 Å². The maximum atomic E-state index is 12.6. The molecule has 0 fully saturated rings. The Morgan fingerprint density at radius 2 is 1.42 bits per heavy atom. The second-order valence-electron chi connectivity index (χ2n) is 5.95. The molecule has 26 heavy (non-hydrogen) atoms. The molecule has 3 aromatic rings. The van der Waals surface area contributed by atoms with Crippen LogP contribution >= 0.6 is 0 Å². The number of ether oxygens (including phenoxy) is 1. The highest BCUT2D eigenvalue weighted by Gasteiger charge is 2.11. The van der Waals surface area contributed by atoms with E-state index in [1.54, 1.807) is 12.1 Å². The Bertz CT molecular complexity index is 933. The molecule has 0 heterocycles. The highest BCUT2D eigenvalue weighted by Crippen LogP contribution is 2.18. The minimum absolute atomic E-state index is 0.190. The molecule has 0 saturated carbocycles. The van der Waals surface area contributed by atoms with Crippen LogP contribution in [0, 0.1) is 6.92 Å². The van der Waals surface area contributed by atoms with Gasteiger partial charge in [0.1, 0.15) is 12.4 Å². The van der Waals surface area contributed by atoms with Crippen LogP contribution in [-0.2, 0) is 37.4 Å². The van der Waals surface area contributed by atoms with E-state index in [1.165, 1.54) is 0 Å². The van der Waals surface area contributed by atoms with Crippen LogP contribution in [-0.4, -0.2) is 4.21 Å². The molecule has 0 spiro atoms. The molecule has 3 rings (SSSR count). The maximum Gasteiger partial charge on any atom is 0.173 e. The monoisotopic (exact) mass is 384 g/mol. The molecule has 0 amide bonds. The average molecular weight is 385 g/mol. The van der Waals surface area contributed by atoms with E-state index < -0.39 is 8.77 Å². The maximum absolute atomic E-state index is 12.6. The van der Waals surface area contributed by atoms with Crippen LogP contribution in [0.15, 0.2) is 83.8 Å². The van der Waals surface area contributed by atoms with Gasteiger partial charge < -0.3 is 4.74 Å². The molecule has 1 atom stereocenters. The zero-order chi connectivity index (χ0) is 18.4. The Hall–Kier alpha value is -2.21. The van der Waals surface area contributed by atoms with Gasteiger partial charge in [-0.3, -0.25) is 4.18 Å². The molecule has 0 aromatic heterocycles. The minimum Gasteiger partial charge on any atom is -0.489 e. The standard InChI is InChI=1S/C21H20O3S2/c1-17-7-13-21(14-8-17)26(22,25)24-16-19-9-11-20(12-10-19)23-15-18-5-3-2-4-6-18/h2-14H,15-16H2,1H3. The SMILES string of the molecule is Cc1ccc(S(=O)(=S)OCc2ccc(OCc3ccccc3)cc2)cc1. The van der Waals surface area contributed by atoms with Gasteiger partial charge in [0.2, 0.25) is 0 Å². The van der Waals surface area contributed by atoms with Gasteiger partial charge in [0, 0.05) is 11.2 Å². The molecule has 0 aliphatic rings. The highest BCUT2D eigenvalue weighted by molar-refractivity contribution is 8.30. The summed E-state index contributed by atoms with van der Waals surface area (Å²) in [7, 11) is -2.93. The van der Waals surface area contributed by atoms with Crippen LogP contribution in [0.2, 0.25) is 0 Å². The molecule has 0 saturated heterocycles. The van der Waals surface area contributed by atoms with Gasteiger partial charge in [0.15, 0.2) is 8.77 Å². The molecule has 3 nitrogen and oxygen atoms in total. The van der Waals surface area contributed by atoms with Crippen LogP contribution in [0.3, 0.4) is 0 Å². The van der Waals surface area contributed by atoms with E-state index in [1.807, 2.05) is 73.7 Å². The van der Waals surface area contributed by atoms with Crippen molar-refractivity contribution >= 4 is 20.0 Å². The number of benzene rings is 3. The van der Waals surface area contributed by atoms with Gasteiger partial charge in [-0.05, 0) is 42.3 Å². The fourth-order valence-electron chi connectivity index (χ4n) is 2.34. The van der Waals surface area contributed by atoms with Crippen molar-refractivity contribution in [2.45, 2.75) is 25.0 Å². The third-order valence-electron chi connectivity index (χ3n) is 3.86. The first-order valence-electron chi connectivity index (χ1n) is 8.25. The van der Waals surface area contributed by atoms with Crippen molar-refractivity contribution in [3.63, 3.8) is 0 Å². The van der Waals surface area contributed by atoms with Crippen LogP contribution in [0.25, 0.3) is 0 Å². The Morgan fingerprint density at radius 3 is 2.08 bits per heavy atom. The molecule has 0 aliphatic carbocycles. The molecule has 5 heteroatoms. The summed E-state index contributed by atoms with van der Waals surface area (Å²) in [6, 6.07) is 24.8. The van der Waals surface area contributed by atoms with Crippen molar-refractivity contribution < 1.29 is 13.1 Å². The van der Waals surface area contributed by atoms with Crippen molar-refractivity contribution in [1.82, 2.24) is 0 Å². The number of hydrogen-bond donors (Lipinski definition) is 0. The molecule has 134 valence electrons. The predicted molar refractivity (Wildman–Crippen MR) is 107 cm³/mol. The lowest BCUT2D eigenvalue weighted by molar-refractivity contribution is 0.305. The lowest BCUT2D eigenvalue weighted by atomic mass is 10.2. The van der Waals surface area contributed by atoms with E-state index in [-0.39, 0.29) is 6.61 Å². The zero-order valence-electron chi connectivity index (χ0n) is 14.5. The summed E-state index contributed by atoms with van der Waals surface area (Å²) in [6.07, 6.45) is 0. The Labute approximate surface area is 159 Å². The first kappa shape index (κ1) is 18.6. The van der Waals surface area contributed by atoms with E-state index in [4.69, 9.17) is 20.1 Å². The summed E-state index contributed by atoms with van der Waals surface area (Å²) in [5, 5.41) is 0. The van der Waals surface area contributed by atoms with E-state index in [9.17, 15) is 4.21 Å². The molecule has 1 unspecified atom stereocenters. The molecule has 0 aliphatic heterocycles. The Balaban J connectivity index is 1.56. The fraction of sp³-hybridized carbons (Fsp3) is 0.143. The lowest BCUT2D eigenvalue weighted by Gasteiger charge is -2.10. The van der Waals surface area contributed by atoms with Crippen LogP contribution in [0.5, 0.6) is 5.75 Å². The molecule has 0 N–H and O–H groups in total. The molecule has 0 bridgehead atoms. The summed E-state index contributed by atoms with van der Waals surface area (Å²) in [6.45, 7) is 2.68. The predicted octanol–water partition coefficient (Wildman–Crippen LogP) is 4.81. The highest BCUT2D eigenvalue weighted by atomic mass is 32.8. The number of rotatable bonds is 7. The zero-order valence-corrected chi connectivity index (χ0v) is 16.1. The van der Waals surface area contributed by atoms with Crippen LogP contribution < -0.4 is 4.74 Å². The fourth-order valence-corrected chi connectivity index (χ4v) is 3.72. The summed E-state index contributed by atoms with van der Waals surface area (Å²) in [4.78, 5) is 0.529. The summed E-state index contributed by atoms with van der Waals surface area (Å²) in [5.74, 6) is 0.773. The Morgan fingerprint density at radius 1 is 0.808 bits per heavy atom. The van der Waals surface area contributed by atoms with Gasteiger partial charge in [0.25, 0.3) is 0 Å². The summed E-state index contributed by atoms with van der Waals surface area (Å²) >= 11 is 5.15. The first-order chi connectivity index (χ1) is 12.5. The second kappa shape index (κ2) is 8.45. The van der Waals surface area contributed by atoms with Gasteiger partial charge in [-0.25, -0.2) is 4.21 Å². The van der Waals surface area contributed by atoms with Crippen molar-refractivity contribution in [2.75, 3.05) is 0 Å². The third kappa shape index (κ3) is 5.14. The lowest BCUT2D eigenvalue weighted by Crippen LogP contribution is -2.05. The third-order valence-corrected chi connectivity index (χ3v) is 6.01. The second-order valence-corrected chi connectivity index (χ2v) is 8.88. The van der Waals surface area contributed by atoms with E-state index in [0.717, 1.165) is 22.4 Å². The van der Waals surface area contributed by atoms with Crippen molar-refractivity contribution in [3.8, 4) is 5.75 Å². The summed E-state index contributed by atoms with van der Waals surface area (Å²) < 4.78 is 23.8. The molecular formula is C21H20O3S2. The van der Waals surface area contributed by atoms with E-state index in [0.29, 0.717) is 11.5 Å². The number of aryl methyl sites for hydroxylation is 1. The molecular weight excluding hydrogens is 364 g/mol. The van der Waals surface area contributed by atoms with Gasteiger partial charge in [-0.2, -0.15) is 0 Å². The Kier molecular flexibility index (Phi) is 6.04. The van der Waals surface area contributed by atoms with Gasteiger partial charge in [0.05, 0.1) is 11.5 Å². The quantitative estimate of drug-likeness (QED) is 0.586. The van der Waals surface area contributed by atoms with Gasteiger partial charge >= 0.3 is 0 Å². The topological polar surface area (TPSA) is 35.5 Å². The minimum atomic E-state index is -2.93. The average Bonchev–Trinajstić information content (AvgIpc) is 2.67. The summed E-state index contributed by atoms with van der Waals surface area (Å²) in [5.41, 5.74) is 3.09. The van der Waals surface area contributed by atoms with Gasteiger partial charge in [-0.15, -0.1) is 0 Å². The van der Waals surface area contributed by atoms with Gasteiger partial charge in [-0.1, -0.05) is 60.2 Å². The van der Waals surface area contributed by atoms with Crippen LogP contribution in [0.1, 0.15) is 16.7 Å². The first-order valence-corrected chi connectivity index (χ1v) is 10.7. The van der Waals surface area contributed by atoms with Crippen molar-refractivity contribution in [2.24, 2.45) is 0 Å². The molecule has 3 aromatic carbocycles. The normalized spacial score (nSPS) is 13.1. The van der Waals surface area contributed by atoms with Crippen molar-refractivity contribution in [3.05, 3.63) is 95.6 Å². The smallest absolute Gasteiger partial charge is 0.173 e. The largest absolute Gasteiger partial charge is 0.489 e. The van der Waals surface area contributed by atoms with Crippen LogP contribution in [0.4, 0.5) is 0 Å². The molecule has 0 radical (unpaired) electrons. The van der Waals surface area contributed by atoms with E-state index in [2.05, 4.69) is 0 Å².